The second-order valence-corrected chi connectivity index (χ2v) is 17.1. The second-order valence-electron chi connectivity index (χ2n) is 16.1. The zero-order valence-electron chi connectivity index (χ0n) is 33.2. The van der Waals surface area contributed by atoms with Crippen molar-refractivity contribution < 1.29 is 0 Å². The van der Waals surface area contributed by atoms with Crippen molar-refractivity contribution >= 4 is 104 Å². The molecule has 0 spiro atoms. The molecule has 0 atom stereocenters. The van der Waals surface area contributed by atoms with Crippen LogP contribution in [0.4, 0.5) is 28.4 Å². The number of fused-ring (bicyclic) bond motifs is 11. The normalized spacial score (nSPS) is 12.8. The largest absolute Gasteiger partial charge is 0.341 e. The number of para-hydroxylation sites is 4. The summed E-state index contributed by atoms with van der Waals surface area (Å²) in [6.07, 6.45) is 1.06. The van der Waals surface area contributed by atoms with Gasteiger partial charge in [0.2, 0.25) is 0 Å². The van der Waals surface area contributed by atoms with E-state index in [0.29, 0.717) is 0 Å². The van der Waals surface area contributed by atoms with E-state index in [1.54, 1.807) is 0 Å². The summed E-state index contributed by atoms with van der Waals surface area (Å²) in [5, 5.41) is 7.72. The van der Waals surface area contributed by atoms with E-state index in [-0.39, 0.29) is 0 Å². The lowest BCUT2D eigenvalue weighted by molar-refractivity contribution is 0.998. The second kappa shape index (κ2) is 13.5. The number of thiophene rings is 1. The van der Waals surface area contributed by atoms with Crippen molar-refractivity contribution in [2.75, 3.05) is 16.3 Å². The van der Waals surface area contributed by atoms with E-state index in [2.05, 4.69) is 225 Å². The molecule has 0 bridgehead atoms. The lowest BCUT2D eigenvalue weighted by atomic mass is 10.1. The first-order chi connectivity index (χ1) is 30.3. The van der Waals surface area contributed by atoms with Crippen LogP contribution in [-0.4, -0.2) is 15.7 Å². The fraction of sp³-hybridized carbons (Fsp3) is 0.0357. The highest BCUT2D eigenvalue weighted by Gasteiger charge is 2.23. The summed E-state index contributed by atoms with van der Waals surface area (Å²) in [4.78, 5) is 4.85. The summed E-state index contributed by atoms with van der Waals surface area (Å²) >= 11 is 1.90. The molecule has 0 N–H and O–H groups in total. The Hall–Kier alpha value is -7.60. The van der Waals surface area contributed by atoms with Crippen molar-refractivity contribution in [3.05, 3.63) is 212 Å². The minimum absolute atomic E-state index is 0.989. The fourth-order valence-corrected chi connectivity index (χ4v) is 11.3. The van der Waals surface area contributed by atoms with E-state index in [0.717, 1.165) is 41.4 Å². The molecular weight excluding hydrogens is 761 g/mol. The van der Waals surface area contributed by atoms with Gasteiger partial charge in [0.1, 0.15) is 0 Å². The van der Waals surface area contributed by atoms with E-state index in [4.69, 9.17) is 0 Å². The van der Waals surface area contributed by atoms with Crippen molar-refractivity contribution in [2.24, 2.45) is 0 Å². The molecule has 0 aliphatic carbocycles. The fourth-order valence-electron chi connectivity index (χ4n) is 10.1. The Balaban J connectivity index is 0.971. The van der Waals surface area contributed by atoms with Gasteiger partial charge < -0.3 is 18.9 Å². The maximum atomic E-state index is 2.45. The summed E-state index contributed by atoms with van der Waals surface area (Å²) in [5.74, 6) is 0. The molecule has 4 heterocycles. The summed E-state index contributed by atoms with van der Waals surface area (Å²) < 4.78 is 7.50. The number of rotatable bonds is 6. The molecule has 0 fully saturated rings. The molecule has 12 aromatic rings. The van der Waals surface area contributed by atoms with Gasteiger partial charge in [0, 0.05) is 88.1 Å². The van der Waals surface area contributed by atoms with Gasteiger partial charge in [0.25, 0.3) is 0 Å². The molecule has 0 saturated heterocycles. The Morgan fingerprint density at radius 2 is 0.967 bits per heavy atom. The lowest BCUT2D eigenvalue weighted by Gasteiger charge is -2.27. The highest BCUT2D eigenvalue weighted by molar-refractivity contribution is 7.26. The van der Waals surface area contributed by atoms with Gasteiger partial charge in [-0.25, -0.2) is 0 Å². The van der Waals surface area contributed by atoms with Gasteiger partial charge in [0.15, 0.2) is 0 Å². The zero-order valence-corrected chi connectivity index (χ0v) is 34.1. The van der Waals surface area contributed by atoms with Crippen molar-refractivity contribution in [1.82, 2.24) is 9.13 Å². The molecule has 61 heavy (non-hydrogen) atoms. The Labute approximate surface area is 357 Å². The van der Waals surface area contributed by atoms with Gasteiger partial charge in [-0.1, -0.05) is 97.1 Å². The van der Waals surface area contributed by atoms with E-state index < -0.39 is 0 Å². The van der Waals surface area contributed by atoms with Gasteiger partial charge in [-0.3, -0.25) is 0 Å². The van der Waals surface area contributed by atoms with Crippen LogP contribution >= 0.6 is 11.3 Å². The molecule has 13 rings (SSSR count). The summed E-state index contributed by atoms with van der Waals surface area (Å²) in [5.41, 5.74) is 14.4. The third-order valence-electron chi connectivity index (χ3n) is 12.8. The molecule has 1 aliphatic rings. The monoisotopic (exact) mass is 798 g/mol. The predicted octanol–water partition coefficient (Wildman–Crippen LogP) is 15.4. The molecule has 4 nitrogen and oxygen atoms in total. The summed E-state index contributed by atoms with van der Waals surface area (Å²) in [7, 11) is 0. The van der Waals surface area contributed by atoms with Crippen molar-refractivity contribution in [3.63, 3.8) is 0 Å². The Kier molecular flexibility index (Phi) is 7.57. The summed E-state index contributed by atoms with van der Waals surface area (Å²) in [6, 6.07) is 75.8. The van der Waals surface area contributed by atoms with Crippen molar-refractivity contribution in [3.8, 4) is 11.4 Å². The quantitative estimate of drug-likeness (QED) is 0.167. The molecule has 0 amide bonds. The van der Waals surface area contributed by atoms with Crippen LogP contribution in [0.2, 0.25) is 0 Å². The average molecular weight is 799 g/mol. The molecule has 5 heteroatoms. The van der Waals surface area contributed by atoms with Gasteiger partial charge in [0.05, 0.1) is 22.1 Å². The first kappa shape index (κ1) is 34.3. The highest BCUT2D eigenvalue weighted by Crippen LogP contribution is 2.45. The number of benzene rings is 9. The SMILES string of the molecule is c1ccc(-n2c3ccccc3c3cc(N(c4ccc(N5CCc6ccccc65)cc4)c4ccc(-n5c6ccccc6c6c7sc8ccccc8c7ccc65)cc4)ccc32)cc1. The summed E-state index contributed by atoms with van der Waals surface area (Å²) in [6.45, 7) is 0.989. The van der Waals surface area contributed by atoms with E-state index in [1.165, 1.54) is 80.7 Å². The Morgan fingerprint density at radius 3 is 1.77 bits per heavy atom. The molecule has 3 aromatic heterocycles. The molecule has 1 aliphatic heterocycles. The first-order valence-electron chi connectivity index (χ1n) is 21.0. The van der Waals surface area contributed by atoms with Crippen LogP contribution in [0.5, 0.6) is 0 Å². The highest BCUT2D eigenvalue weighted by atomic mass is 32.1. The topological polar surface area (TPSA) is 16.3 Å². The van der Waals surface area contributed by atoms with E-state index in [9.17, 15) is 0 Å². The van der Waals surface area contributed by atoms with Gasteiger partial charge in [-0.15, -0.1) is 11.3 Å². The van der Waals surface area contributed by atoms with E-state index in [1.807, 2.05) is 11.3 Å². The van der Waals surface area contributed by atoms with Crippen LogP contribution < -0.4 is 9.80 Å². The van der Waals surface area contributed by atoms with E-state index >= 15 is 0 Å². The molecule has 9 aromatic carbocycles. The number of hydrogen-bond acceptors (Lipinski definition) is 3. The number of aromatic nitrogens is 2. The number of anilines is 5. The molecule has 0 saturated carbocycles. The van der Waals surface area contributed by atoms with Gasteiger partial charge in [-0.05, 0) is 121 Å². The first-order valence-corrected chi connectivity index (χ1v) is 21.9. The van der Waals surface area contributed by atoms with Crippen LogP contribution in [0.15, 0.2) is 206 Å². The zero-order chi connectivity index (χ0) is 40.0. The van der Waals surface area contributed by atoms with Crippen molar-refractivity contribution in [1.29, 1.82) is 0 Å². The molecular formula is C56H38N4S. The minimum atomic E-state index is 0.989. The maximum Gasteiger partial charge on any atom is 0.0555 e. The third-order valence-corrected chi connectivity index (χ3v) is 14.0. The Bertz CT molecular complexity index is 3650. The van der Waals surface area contributed by atoms with Gasteiger partial charge in [-0.2, -0.15) is 0 Å². The van der Waals surface area contributed by atoms with Gasteiger partial charge >= 0.3 is 0 Å². The standard InChI is InChI=1S/C56H38N4S/c1-2-13-39(14-3-1)59-50-19-9-5-15-44(50)48-36-43(30-32-52(48)59)58(40-24-22-38(23-25-40)57-35-34-37-12-4-8-18-49(37)57)41-26-28-42(29-27-41)60-51-20-10-6-17-47(51)55-53(60)33-31-46-45-16-7-11-21-54(45)61-56(46)55/h1-33,36H,34-35H2. The van der Waals surface area contributed by atoms with Crippen LogP contribution in [0, 0.1) is 0 Å². The number of nitrogens with zero attached hydrogens (tertiary/aromatic N) is 4. The Morgan fingerprint density at radius 1 is 0.393 bits per heavy atom. The third kappa shape index (κ3) is 5.24. The smallest absolute Gasteiger partial charge is 0.0555 e. The van der Waals surface area contributed by atoms with Crippen LogP contribution in [-0.2, 0) is 6.42 Å². The molecule has 0 radical (unpaired) electrons. The van der Waals surface area contributed by atoms with Crippen LogP contribution in [0.1, 0.15) is 5.56 Å². The lowest BCUT2D eigenvalue weighted by Crippen LogP contribution is -2.14. The van der Waals surface area contributed by atoms with Crippen LogP contribution in [0.3, 0.4) is 0 Å². The maximum absolute atomic E-state index is 2.45. The van der Waals surface area contributed by atoms with Crippen LogP contribution in [0.25, 0.3) is 75.2 Å². The minimum Gasteiger partial charge on any atom is -0.341 e. The molecule has 0 unspecified atom stereocenters. The molecule has 288 valence electrons. The average Bonchev–Trinajstić information content (AvgIpc) is 4.09. The predicted molar refractivity (Wildman–Crippen MR) is 260 cm³/mol. The number of hydrogen-bond donors (Lipinski definition) is 0. The van der Waals surface area contributed by atoms with Crippen molar-refractivity contribution in [2.45, 2.75) is 6.42 Å².